The molecule has 1 N–H and O–H groups in total. The second kappa shape index (κ2) is 8.44. The van der Waals surface area contributed by atoms with Crippen molar-refractivity contribution < 1.29 is 22.8 Å². The number of allylic oxidation sites excluding steroid dienone is 3. The number of carbonyl (C=O) groups excluding carboxylic acids is 1. The van der Waals surface area contributed by atoms with Crippen molar-refractivity contribution >= 4 is 46.4 Å². The number of oxime groups is 1. The molecule has 0 bridgehead atoms. The van der Waals surface area contributed by atoms with Crippen LogP contribution in [0.3, 0.4) is 0 Å². The van der Waals surface area contributed by atoms with E-state index in [1.807, 2.05) is 0 Å². The minimum Gasteiger partial charge on any atom is -0.374 e. The summed E-state index contributed by atoms with van der Waals surface area (Å²) < 4.78 is 42.6. The first-order valence-corrected chi connectivity index (χ1v) is 10.3. The van der Waals surface area contributed by atoms with Crippen molar-refractivity contribution in [2.75, 3.05) is 6.54 Å². The van der Waals surface area contributed by atoms with E-state index in [4.69, 9.17) is 39.6 Å². The first-order chi connectivity index (χ1) is 14.0. The Labute approximate surface area is 186 Å². The molecule has 3 rings (SSSR count). The lowest BCUT2D eigenvalue weighted by Gasteiger charge is -2.34. The third-order valence-corrected chi connectivity index (χ3v) is 6.19. The van der Waals surface area contributed by atoms with Crippen molar-refractivity contribution in [3.8, 4) is 0 Å². The Balaban J connectivity index is 1.95. The van der Waals surface area contributed by atoms with Crippen LogP contribution in [0.2, 0.25) is 10.0 Å². The summed E-state index contributed by atoms with van der Waals surface area (Å²) in [6, 6.07) is 3.63. The van der Waals surface area contributed by atoms with Crippen LogP contribution in [-0.2, 0) is 15.2 Å². The van der Waals surface area contributed by atoms with Crippen LogP contribution in [0.4, 0.5) is 13.2 Å². The van der Waals surface area contributed by atoms with E-state index in [0.717, 1.165) is 12.1 Å². The van der Waals surface area contributed by atoms with E-state index in [2.05, 4.69) is 10.5 Å². The molecular weight excluding hydrogens is 464 g/mol. The zero-order valence-corrected chi connectivity index (χ0v) is 18.0. The fourth-order valence-corrected chi connectivity index (χ4v) is 4.28. The van der Waals surface area contributed by atoms with E-state index in [-0.39, 0.29) is 40.2 Å². The van der Waals surface area contributed by atoms with Gasteiger partial charge in [0.2, 0.25) is 5.91 Å². The van der Waals surface area contributed by atoms with E-state index in [1.54, 1.807) is 31.2 Å². The van der Waals surface area contributed by atoms with Gasteiger partial charge in [0.15, 0.2) is 0 Å². The van der Waals surface area contributed by atoms with Crippen LogP contribution in [0.25, 0.3) is 0 Å². The number of halogens is 6. The van der Waals surface area contributed by atoms with E-state index >= 15 is 0 Å². The van der Waals surface area contributed by atoms with Gasteiger partial charge >= 0.3 is 6.18 Å². The minimum absolute atomic E-state index is 0.00561. The summed E-state index contributed by atoms with van der Waals surface area (Å²) in [5, 5.41) is 6.56. The standard InChI is InChI=1S/C20H18Cl3F3N2O2/c1-2-17(29)27-11-12-5-3-4-6-18(12,23)16-10-19(30-28-16,20(24,25)26)13-7-14(21)9-15(22)8-13/h3-9,12H,2,10-11H2,1H3,(H,27,29). The van der Waals surface area contributed by atoms with Crippen molar-refractivity contribution in [1.82, 2.24) is 5.32 Å². The monoisotopic (exact) mass is 480 g/mol. The molecule has 3 unspecified atom stereocenters. The highest BCUT2D eigenvalue weighted by Crippen LogP contribution is 2.52. The maximum absolute atomic E-state index is 14.2. The van der Waals surface area contributed by atoms with Gasteiger partial charge in [0, 0.05) is 40.9 Å². The lowest BCUT2D eigenvalue weighted by atomic mass is 9.78. The Morgan fingerprint density at radius 3 is 2.53 bits per heavy atom. The van der Waals surface area contributed by atoms with Crippen molar-refractivity contribution in [1.29, 1.82) is 0 Å². The SMILES string of the molecule is CCC(=O)NCC1C=CC=CC1(Cl)C1=NOC(c2cc(Cl)cc(Cl)c2)(C(F)(F)F)C1. The Bertz CT molecular complexity index is 912. The molecule has 0 saturated heterocycles. The van der Waals surface area contributed by atoms with Gasteiger partial charge in [-0.25, -0.2) is 0 Å². The Kier molecular flexibility index (Phi) is 6.46. The fraction of sp³-hybridized carbons (Fsp3) is 0.400. The summed E-state index contributed by atoms with van der Waals surface area (Å²) in [4.78, 5) is 15.3. The maximum Gasteiger partial charge on any atom is 0.435 e. The van der Waals surface area contributed by atoms with Crippen LogP contribution < -0.4 is 5.32 Å². The number of hydrogen-bond acceptors (Lipinski definition) is 3. The third-order valence-electron chi connectivity index (χ3n) is 5.13. The molecule has 1 aliphatic carbocycles. The molecule has 1 aromatic rings. The summed E-state index contributed by atoms with van der Waals surface area (Å²) in [6.07, 6.45) is 1.42. The van der Waals surface area contributed by atoms with Gasteiger partial charge in [0.25, 0.3) is 5.60 Å². The summed E-state index contributed by atoms with van der Waals surface area (Å²) >= 11 is 18.6. The molecule has 162 valence electrons. The van der Waals surface area contributed by atoms with Crippen LogP contribution in [0, 0.1) is 5.92 Å². The van der Waals surface area contributed by atoms with Crippen LogP contribution in [0.15, 0.2) is 47.7 Å². The molecule has 0 spiro atoms. The summed E-state index contributed by atoms with van der Waals surface area (Å²) in [5.41, 5.74) is -3.04. The van der Waals surface area contributed by atoms with Crippen molar-refractivity contribution in [2.24, 2.45) is 11.1 Å². The third kappa shape index (κ3) is 4.20. The number of alkyl halides is 4. The molecule has 1 heterocycles. The number of rotatable bonds is 5. The first kappa shape index (κ1) is 23.0. The maximum atomic E-state index is 14.2. The van der Waals surface area contributed by atoms with Gasteiger partial charge in [-0.15, -0.1) is 11.6 Å². The highest BCUT2D eigenvalue weighted by Gasteiger charge is 2.64. The van der Waals surface area contributed by atoms with Crippen LogP contribution in [0.1, 0.15) is 25.3 Å². The highest BCUT2D eigenvalue weighted by molar-refractivity contribution is 6.38. The van der Waals surface area contributed by atoms with Crippen molar-refractivity contribution in [3.05, 3.63) is 58.1 Å². The smallest absolute Gasteiger partial charge is 0.374 e. The Morgan fingerprint density at radius 2 is 1.93 bits per heavy atom. The van der Waals surface area contributed by atoms with Gasteiger partial charge in [-0.05, 0) is 18.2 Å². The summed E-state index contributed by atoms with van der Waals surface area (Å²) in [6.45, 7) is 1.83. The van der Waals surface area contributed by atoms with E-state index in [1.165, 1.54) is 6.07 Å². The number of benzene rings is 1. The number of nitrogens with one attached hydrogen (secondary N) is 1. The number of nitrogens with zero attached hydrogens (tertiary/aromatic N) is 1. The van der Waals surface area contributed by atoms with Crippen LogP contribution >= 0.6 is 34.8 Å². The lowest BCUT2D eigenvalue weighted by Crippen LogP contribution is -2.48. The van der Waals surface area contributed by atoms with Gasteiger partial charge in [-0.3, -0.25) is 4.79 Å². The van der Waals surface area contributed by atoms with Gasteiger partial charge in [-0.1, -0.05) is 59.6 Å². The highest BCUT2D eigenvalue weighted by atomic mass is 35.5. The predicted octanol–water partition coefficient (Wildman–Crippen LogP) is 5.77. The van der Waals surface area contributed by atoms with Gasteiger partial charge in [0.1, 0.15) is 4.87 Å². The molecule has 30 heavy (non-hydrogen) atoms. The molecule has 0 saturated carbocycles. The molecule has 1 aliphatic heterocycles. The second-order valence-corrected chi connectivity index (χ2v) is 8.56. The Hall–Kier alpha value is -1.70. The molecule has 3 atom stereocenters. The van der Waals surface area contributed by atoms with Crippen LogP contribution in [-0.4, -0.2) is 29.2 Å². The molecule has 4 nitrogen and oxygen atoms in total. The van der Waals surface area contributed by atoms with E-state index < -0.39 is 29.0 Å². The number of hydrogen-bond donors (Lipinski definition) is 1. The molecule has 2 aliphatic rings. The van der Waals surface area contributed by atoms with Gasteiger partial charge in [0.05, 0.1) is 5.71 Å². The number of carbonyl (C=O) groups is 1. The fourth-order valence-electron chi connectivity index (χ4n) is 3.43. The molecule has 10 heteroatoms. The van der Waals surface area contributed by atoms with Gasteiger partial charge in [-0.2, -0.15) is 13.2 Å². The van der Waals surface area contributed by atoms with Crippen LogP contribution in [0.5, 0.6) is 0 Å². The minimum atomic E-state index is -4.82. The predicted molar refractivity (Wildman–Crippen MR) is 111 cm³/mol. The molecule has 0 aromatic heterocycles. The quantitative estimate of drug-likeness (QED) is 0.543. The normalized spacial score (nSPS) is 28.2. The van der Waals surface area contributed by atoms with Crippen molar-refractivity contribution in [2.45, 2.75) is 36.4 Å². The molecule has 0 fully saturated rings. The molecule has 1 aromatic carbocycles. The molecule has 1 amide bonds. The Morgan fingerprint density at radius 1 is 1.27 bits per heavy atom. The second-order valence-electron chi connectivity index (χ2n) is 7.07. The lowest BCUT2D eigenvalue weighted by molar-refractivity contribution is -0.275. The summed E-state index contributed by atoms with van der Waals surface area (Å²) in [5.74, 6) is -0.714. The zero-order chi connectivity index (χ0) is 22.2. The first-order valence-electron chi connectivity index (χ1n) is 9.12. The van der Waals surface area contributed by atoms with E-state index in [9.17, 15) is 18.0 Å². The topological polar surface area (TPSA) is 50.7 Å². The average Bonchev–Trinajstić information content (AvgIpc) is 3.14. The average molecular weight is 482 g/mol. The largest absolute Gasteiger partial charge is 0.435 e. The molecular formula is C20H18Cl3F3N2O2. The van der Waals surface area contributed by atoms with E-state index in [0.29, 0.717) is 0 Å². The van der Waals surface area contributed by atoms with Crippen molar-refractivity contribution in [3.63, 3.8) is 0 Å². The molecule has 0 radical (unpaired) electrons. The van der Waals surface area contributed by atoms with Gasteiger partial charge < -0.3 is 10.2 Å². The summed E-state index contributed by atoms with van der Waals surface area (Å²) in [7, 11) is 0. The zero-order valence-electron chi connectivity index (χ0n) is 15.8. The number of amides is 1.